The lowest BCUT2D eigenvalue weighted by molar-refractivity contribution is -0.141. The molecule has 1 aliphatic heterocycles. The van der Waals surface area contributed by atoms with Crippen molar-refractivity contribution in [2.75, 3.05) is 20.8 Å². The summed E-state index contributed by atoms with van der Waals surface area (Å²) < 4.78 is 22.2. The number of carbonyl (C=O) groups is 2. The zero-order valence-corrected chi connectivity index (χ0v) is 16.4. The highest BCUT2D eigenvalue weighted by Gasteiger charge is 2.39. The average molecular weight is 398 g/mol. The first-order valence-electron chi connectivity index (χ1n) is 8.99. The van der Waals surface area contributed by atoms with Gasteiger partial charge in [0.05, 0.1) is 20.1 Å². The van der Waals surface area contributed by atoms with Crippen LogP contribution in [0.15, 0.2) is 36.4 Å². The molecule has 3 rings (SSSR count). The third-order valence-electron chi connectivity index (χ3n) is 4.70. The number of methoxy groups -OCH3 is 2. The highest BCUT2D eigenvalue weighted by Crippen LogP contribution is 2.51. The highest BCUT2D eigenvalue weighted by atomic mass is 16.5. The van der Waals surface area contributed by atoms with Gasteiger partial charge in [0.2, 0.25) is 0 Å². The van der Waals surface area contributed by atoms with Crippen molar-refractivity contribution in [2.45, 2.75) is 18.9 Å². The summed E-state index contributed by atoms with van der Waals surface area (Å²) in [6.45, 7) is 1.44. The number of phenols is 1. The van der Waals surface area contributed by atoms with Crippen LogP contribution < -0.4 is 14.2 Å². The lowest BCUT2D eigenvalue weighted by atomic mass is 9.90. The topological polar surface area (TPSA) is 91.3 Å². The van der Waals surface area contributed by atoms with Crippen molar-refractivity contribution in [2.24, 2.45) is 0 Å². The SMILES string of the molecule is COc1cc([C@H]2Oc3c(OC)cc(/C=C/C=O)cc3[C@@H]2COC(C)=O)ccc1O. The number of aromatic hydroxyl groups is 1. The van der Waals surface area contributed by atoms with Crippen LogP contribution in [0, 0.1) is 0 Å². The molecule has 0 bridgehead atoms. The maximum absolute atomic E-state index is 11.4. The fraction of sp³-hybridized carbons (Fsp3) is 0.273. The first-order chi connectivity index (χ1) is 14.0. The molecule has 1 aliphatic rings. The van der Waals surface area contributed by atoms with E-state index < -0.39 is 12.1 Å². The number of hydrogen-bond acceptors (Lipinski definition) is 7. The van der Waals surface area contributed by atoms with Crippen molar-refractivity contribution >= 4 is 18.3 Å². The molecular weight excluding hydrogens is 376 g/mol. The zero-order valence-electron chi connectivity index (χ0n) is 16.4. The first-order valence-corrected chi connectivity index (χ1v) is 8.99. The van der Waals surface area contributed by atoms with Crippen LogP contribution in [0.3, 0.4) is 0 Å². The molecule has 152 valence electrons. The number of carbonyl (C=O) groups excluding carboxylic acids is 2. The van der Waals surface area contributed by atoms with Crippen molar-refractivity contribution in [3.8, 4) is 23.0 Å². The standard InChI is InChI=1S/C22H22O7/c1-13(24)28-12-17-16-9-14(5-4-8-23)10-20(27-3)22(16)29-21(17)15-6-7-18(25)19(11-15)26-2/h4-11,17,21,25H,12H2,1-3H3/b5-4+/t17-,21+/m0/s1. The minimum Gasteiger partial charge on any atom is -0.504 e. The molecule has 1 heterocycles. The molecule has 0 spiro atoms. The monoisotopic (exact) mass is 398 g/mol. The summed E-state index contributed by atoms with van der Waals surface area (Å²) in [5.74, 6) is 0.669. The summed E-state index contributed by atoms with van der Waals surface area (Å²) in [4.78, 5) is 22.1. The van der Waals surface area contributed by atoms with Gasteiger partial charge in [-0.25, -0.2) is 0 Å². The Morgan fingerprint density at radius 3 is 2.59 bits per heavy atom. The van der Waals surface area contributed by atoms with Gasteiger partial charge in [0.1, 0.15) is 19.0 Å². The van der Waals surface area contributed by atoms with E-state index in [2.05, 4.69) is 0 Å². The van der Waals surface area contributed by atoms with Gasteiger partial charge in [-0.3, -0.25) is 9.59 Å². The number of hydrogen-bond donors (Lipinski definition) is 1. The van der Waals surface area contributed by atoms with Gasteiger partial charge in [-0.1, -0.05) is 12.1 Å². The highest BCUT2D eigenvalue weighted by molar-refractivity contribution is 5.75. The molecule has 7 heteroatoms. The van der Waals surface area contributed by atoms with Gasteiger partial charge in [-0.15, -0.1) is 0 Å². The minimum absolute atomic E-state index is 0.0159. The molecule has 29 heavy (non-hydrogen) atoms. The van der Waals surface area contributed by atoms with Gasteiger partial charge >= 0.3 is 5.97 Å². The molecule has 0 amide bonds. The summed E-state index contributed by atoms with van der Waals surface area (Å²) in [5, 5.41) is 9.90. The van der Waals surface area contributed by atoms with Gasteiger partial charge in [0.15, 0.2) is 23.0 Å². The number of ether oxygens (including phenoxy) is 4. The molecule has 2 aromatic rings. The largest absolute Gasteiger partial charge is 0.504 e. The quantitative estimate of drug-likeness (QED) is 0.434. The maximum Gasteiger partial charge on any atom is 0.302 e. The number of allylic oxidation sites excluding steroid dienone is 1. The van der Waals surface area contributed by atoms with E-state index in [9.17, 15) is 14.7 Å². The second-order valence-electron chi connectivity index (χ2n) is 6.52. The number of benzene rings is 2. The van der Waals surface area contributed by atoms with Crippen molar-refractivity contribution in [3.63, 3.8) is 0 Å². The molecule has 2 atom stereocenters. The molecular formula is C22H22O7. The van der Waals surface area contributed by atoms with Crippen molar-refractivity contribution in [3.05, 3.63) is 53.1 Å². The van der Waals surface area contributed by atoms with E-state index in [0.717, 1.165) is 16.7 Å². The normalized spacial score (nSPS) is 17.5. The lowest BCUT2D eigenvalue weighted by Gasteiger charge is -2.20. The third-order valence-corrected chi connectivity index (χ3v) is 4.70. The molecule has 0 radical (unpaired) electrons. The van der Waals surface area contributed by atoms with Gasteiger partial charge in [0.25, 0.3) is 0 Å². The van der Waals surface area contributed by atoms with Crippen LogP contribution in [-0.2, 0) is 14.3 Å². The van der Waals surface area contributed by atoms with E-state index in [1.165, 1.54) is 33.3 Å². The summed E-state index contributed by atoms with van der Waals surface area (Å²) in [5.41, 5.74) is 2.31. The molecule has 0 fully saturated rings. The van der Waals surface area contributed by atoms with Crippen molar-refractivity contribution in [1.82, 2.24) is 0 Å². The summed E-state index contributed by atoms with van der Waals surface area (Å²) in [7, 11) is 3.00. The van der Waals surface area contributed by atoms with Gasteiger partial charge in [-0.05, 0) is 41.5 Å². The smallest absolute Gasteiger partial charge is 0.302 e. The van der Waals surface area contributed by atoms with E-state index in [1.807, 2.05) is 6.07 Å². The maximum atomic E-state index is 11.4. The van der Waals surface area contributed by atoms with E-state index in [0.29, 0.717) is 23.5 Å². The Morgan fingerprint density at radius 2 is 1.93 bits per heavy atom. The summed E-state index contributed by atoms with van der Waals surface area (Å²) in [6, 6.07) is 8.59. The Balaban J connectivity index is 2.08. The molecule has 1 N–H and O–H groups in total. The molecule has 7 nitrogen and oxygen atoms in total. The third kappa shape index (κ3) is 4.18. The van der Waals surface area contributed by atoms with Crippen LogP contribution in [0.2, 0.25) is 0 Å². The van der Waals surface area contributed by atoms with Crippen molar-refractivity contribution in [1.29, 1.82) is 0 Å². The van der Waals surface area contributed by atoms with Crippen LogP contribution in [0.1, 0.15) is 35.6 Å². The lowest BCUT2D eigenvalue weighted by Crippen LogP contribution is -2.17. The van der Waals surface area contributed by atoms with Crippen LogP contribution in [0.4, 0.5) is 0 Å². The average Bonchev–Trinajstić information content (AvgIpc) is 3.08. The number of rotatable bonds is 7. The Kier molecular flexibility index (Phi) is 6.07. The summed E-state index contributed by atoms with van der Waals surface area (Å²) >= 11 is 0. The molecule has 0 aromatic heterocycles. The minimum atomic E-state index is -0.488. The second kappa shape index (κ2) is 8.68. The number of aldehydes is 1. The fourth-order valence-electron chi connectivity index (χ4n) is 3.37. The predicted molar refractivity (Wildman–Crippen MR) is 105 cm³/mol. The van der Waals surface area contributed by atoms with Gasteiger partial charge in [0, 0.05) is 12.5 Å². The van der Waals surface area contributed by atoms with E-state index >= 15 is 0 Å². The number of fused-ring (bicyclic) bond motifs is 1. The molecule has 0 saturated heterocycles. The number of phenolic OH excluding ortho intramolecular Hbond substituents is 1. The van der Waals surface area contributed by atoms with E-state index in [-0.39, 0.29) is 18.3 Å². The van der Waals surface area contributed by atoms with Gasteiger partial charge in [-0.2, -0.15) is 0 Å². The van der Waals surface area contributed by atoms with Crippen LogP contribution in [-0.4, -0.2) is 38.2 Å². The number of esters is 1. The molecule has 0 saturated carbocycles. The Morgan fingerprint density at radius 1 is 1.17 bits per heavy atom. The van der Waals surface area contributed by atoms with Gasteiger partial charge < -0.3 is 24.1 Å². The van der Waals surface area contributed by atoms with Crippen LogP contribution >= 0.6 is 0 Å². The predicted octanol–water partition coefficient (Wildman–Crippen LogP) is 3.40. The van der Waals surface area contributed by atoms with E-state index in [4.69, 9.17) is 18.9 Å². The van der Waals surface area contributed by atoms with Crippen molar-refractivity contribution < 1.29 is 33.6 Å². The molecule has 0 unspecified atom stereocenters. The van der Waals surface area contributed by atoms with E-state index in [1.54, 1.807) is 24.3 Å². The van der Waals surface area contributed by atoms with Crippen LogP contribution in [0.5, 0.6) is 23.0 Å². The Labute approximate surface area is 168 Å². The Bertz CT molecular complexity index is 948. The molecule has 2 aromatic carbocycles. The summed E-state index contributed by atoms with van der Waals surface area (Å²) in [6.07, 6.45) is 3.26. The molecule has 0 aliphatic carbocycles. The fourth-order valence-corrected chi connectivity index (χ4v) is 3.37. The van der Waals surface area contributed by atoms with Crippen LogP contribution in [0.25, 0.3) is 6.08 Å². The second-order valence-corrected chi connectivity index (χ2v) is 6.52. The zero-order chi connectivity index (χ0) is 21.0. The first kappa shape index (κ1) is 20.3. The Hall–Kier alpha value is -3.48.